The van der Waals surface area contributed by atoms with E-state index in [4.69, 9.17) is 4.74 Å². The number of carbonyl (C=O) groups excluding carboxylic acids is 2. The molecule has 4 atom stereocenters. The van der Waals surface area contributed by atoms with Gasteiger partial charge in [0.1, 0.15) is 5.60 Å². The summed E-state index contributed by atoms with van der Waals surface area (Å²) in [5.74, 6) is -2.35. The molecule has 2 aromatic rings. The van der Waals surface area contributed by atoms with Gasteiger partial charge in [0, 0.05) is 13.1 Å². The minimum absolute atomic E-state index is 0.0626. The lowest BCUT2D eigenvalue weighted by atomic mass is 9.79. The molecule has 2 saturated heterocycles. The van der Waals surface area contributed by atoms with Gasteiger partial charge in [0.2, 0.25) is 21.8 Å². The van der Waals surface area contributed by atoms with Crippen LogP contribution in [0.3, 0.4) is 0 Å². The molecule has 33 heavy (non-hydrogen) atoms. The first-order chi connectivity index (χ1) is 15.8. The highest BCUT2D eigenvalue weighted by Crippen LogP contribution is 2.50. The highest BCUT2D eigenvalue weighted by molar-refractivity contribution is 7.89. The number of hydrogen-bond acceptors (Lipinski definition) is 5. The number of carbonyl (C=O) groups is 2. The van der Waals surface area contributed by atoms with E-state index in [0.29, 0.717) is 5.69 Å². The normalized spacial score (nSPS) is 29.6. The highest BCUT2D eigenvalue weighted by Gasteiger charge is 2.66. The molecule has 0 bridgehead atoms. The molecule has 7 nitrogen and oxygen atoms in total. The van der Waals surface area contributed by atoms with Crippen molar-refractivity contribution in [2.24, 2.45) is 11.8 Å². The maximum absolute atomic E-state index is 13.6. The molecule has 0 radical (unpaired) electrons. The molecule has 0 unspecified atom stereocenters. The number of ether oxygens (including phenoxy) is 1. The number of imide groups is 1. The number of fused-ring (bicyclic) bond motifs is 2. The second-order valence-corrected chi connectivity index (χ2v) is 10.6. The minimum Gasteiger partial charge on any atom is -0.361 e. The first-order valence-electron chi connectivity index (χ1n) is 10.8. The molecule has 8 heteroatoms. The number of benzene rings is 2. The van der Waals surface area contributed by atoms with E-state index in [1.165, 1.54) is 15.3 Å². The summed E-state index contributed by atoms with van der Waals surface area (Å²) in [4.78, 5) is 28.3. The molecule has 3 heterocycles. The highest BCUT2D eigenvalue weighted by atomic mass is 32.2. The Morgan fingerprint density at radius 1 is 1.06 bits per heavy atom. The van der Waals surface area contributed by atoms with Crippen LogP contribution in [0.2, 0.25) is 0 Å². The molecular weight excluding hydrogens is 440 g/mol. The Morgan fingerprint density at radius 3 is 2.42 bits per heavy atom. The van der Waals surface area contributed by atoms with Gasteiger partial charge in [0.25, 0.3) is 0 Å². The number of para-hydroxylation sites is 1. The van der Waals surface area contributed by atoms with Gasteiger partial charge in [-0.15, -0.1) is 6.58 Å². The van der Waals surface area contributed by atoms with E-state index in [9.17, 15) is 18.0 Å². The predicted molar refractivity (Wildman–Crippen MR) is 123 cm³/mol. The van der Waals surface area contributed by atoms with E-state index in [0.717, 1.165) is 5.56 Å². The monoisotopic (exact) mass is 464 g/mol. The van der Waals surface area contributed by atoms with Crippen molar-refractivity contribution in [2.75, 3.05) is 18.0 Å². The molecule has 0 N–H and O–H groups in total. The van der Waals surface area contributed by atoms with Gasteiger partial charge in [-0.25, -0.2) is 13.3 Å². The molecule has 3 aliphatic heterocycles. The topological polar surface area (TPSA) is 84.0 Å². The van der Waals surface area contributed by atoms with Gasteiger partial charge >= 0.3 is 0 Å². The molecule has 1 spiro atoms. The molecular formula is C25H24N2O5S. The summed E-state index contributed by atoms with van der Waals surface area (Å²) in [5, 5.41) is 0. The largest absolute Gasteiger partial charge is 0.361 e. The number of aryl methyl sites for hydroxylation is 1. The van der Waals surface area contributed by atoms with Crippen molar-refractivity contribution in [3.05, 3.63) is 85.0 Å². The summed E-state index contributed by atoms with van der Waals surface area (Å²) in [6.07, 6.45) is 4.26. The van der Waals surface area contributed by atoms with Gasteiger partial charge in [0.05, 0.1) is 28.5 Å². The van der Waals surface area contributed by atoms with Gasteiger partial charge in [-0.1, -0.05) is 54.1 Å². The van der Waals surface area contributed by atoms with Crippen molar-refractivity contribution in [2.45, 2.75) is 23.5 Å². The zero-order valence-corrected chi connectivity index (χ0v) is 18.9. The zero-order chi connectivity index (χ0) is 23.4. The number of anilines is 1. The average molecular weight is 465 g/mol. The number of sulfonamides is 1. The standard InChI is InChI=1S/C25H24N2O5S/c1-3-20-21-22(24(29)27(23(21)28)18-8-5-4-6-9-18)25(32-20)14-7-15-26(16-25)33(30,31)19-12-10-17(2)11-13-19/h3-14,20-22H,1,15-16H2,2H3/t20-,21+,22-,25-/m1/s1. The summed E-state index contributed by atoms with van der Waals surface area (Å²) in [5.41, 5.74) is 0.190. The Balaban J connectivity index is 1.53. The van der Waals surface area contributed by atoms with Crippen molar-refractivity contribution in [1.29, 1.82) is 0 Å². The summed E-state index contributed by atoms with van der Waals surface area (Å²) < 4.78 is 34.3. The van der Waals surface area contributed by atoms with E-state index < -0.39 is 33.6 Å². The fourth-order valence-corrected chi connectivity index (χ4v) is 6.48. The van der Waals surface area contributed by atoms with Crippen LogP contribution in [0.4, 0.5) is 5.69 Å². The Bertz CT molecular complexity index is 1260. The molecule has 170 valence electrons. The third kappa shape index (κ3) is 3.28. The van der Waals surface area contributed by atoms with E-state index >= 15 is 0 Å². The van der Waals surface area contributed by atoms with Crippen LogP contribution < -0.4 is 4.90 Å². The predicted octanol–water partition coefficient (Wildman–Crippen LogP) is 2.68. The van der Waals surface area contributed by atoms with Crippen LogP contribution in [0.1, 0.15) is 5.56 Å². The van der Waals surface area contributed by atoms with Crippen molar-refractivity contribution in [3.8, 4) is 0 Å². The summed E-state index contributed by atoms with van der Waals surface area (Å²) in [6, 6.07) is 15.4. The third-order valence-corrected chi connectivity index (χ3v) is 8.45. The Hall–Kier alpha value is -3.07. The number of amides is 2. The molecule has 5 rings (SSSR count). The molecule has 2 fully saturated rings. The summed E-state index contributed by atoms with van der Waals surface area (Å²) in [7, 11) is -3.83. The van der Waals surface area contributed by atoms with Gasteiger partial charge in [0.15, 0.2) is 0 Å². The number of rotatable bonds is 4. The number of nitrogens with zero attached hydrogens (tertiary/aromatic N) is 2. The van der Waals surface area contributed by atoms with Crippen molar-refractivity contribution < 1.29 is 22.7 Å². The minimum atomic E-state index is -3.83. The lowest BCUT2D eigenvalue weighted by Gasteiger charge is -2.38. The van der Waals surface area contributed by atoms with Crippen molar-refractivity contribution in [1.82, 2.24) is 4.31 Å². The van der Waals surface area contributed by atoms with Crippen molar-refractivity contribution >= 4 is 27.5 Å². The molecule has 2 amide bonds. The molecule has 3 aliphatic rings. The molecule has 0 aromatic heterocycles. The van der Waals surface area contributed by atoms with Gasteiger partial charge < -0.3 is 4.74 Å². The first-order valence-corrected chi connectivity index (χ1v) is 12.2. The molecule has 2 aromatic carbocycles. The Kier molecular flexibility index (Phi) is 5.12. The van der Waals surface area contributed by atoms with E-state index in [1.807, 2.05) is 13.0 Å². The van der Waals surface area contributed by atoms with E-state index in [-0.39, 0.29) is 29.8 Å². The van der Waals surface area contributed by atoms with Gasteiger partial charge in [-0.05, 0) is 31.2 Å². The summed E-state index contributed by atoms with van der Waals surface area (Å²) in [6.45, 7) is 5.78. The van der Waals surface area contributed by atoms with Crippen LogP contribution in [0.25, 0.3) is 0 Å². The SMILES string of the molecule is C=C[C@H]1O[C@@]2(C=CCN(S(=O)(=O)c3ccc(C)cc3)C2)[C@H]2C(=O)N(c3ccccc3)C(=O)[C@@H]12. The maximum atomic E-state index is 13.6. The molecule has 0 saturated carbocycles. The Morgan fingerprint density at radius 2 is 1.76 bits per heavy atom. The van der Waals surface area contributed by atoms with Crippen LogP contribution >= 0.6 is 0 Å². The van der Waals surface area contributed by atoms with Crippen molar-refractivity contribution in [3.63, 3.8) is 0 Å². The zero-order valence-electron chi connectivity index (χ0n) is 18.1. The van der Waals surface area contributed by atoms with Gasteiger partial charge in [-0.2, -0.15) is 4.31 Å². The van der Waals surface area contributed by atoms with Crippen LogP contribution in [0.15, 0.2) is 84.3 Å². The van der Waals surface area contributed by atoms with Gasteiger partial charge in [-0.3, -0.25) is 9.59 Å². The first kappa shape index (κ1) is 21.8. The lowest BCUT2D eigenvalue weighted by molar-refractivity contribution is -0.127. The smallest absolute Gasteiger partial charge is 0.243 e. The van der Waals surface area contributed by atoms with Crippen LogP contribution in [-0.4, -0.2) is 49.3 Å². The molecule has 0 aliphatic carbocycles. The van der Waals surface area contributed by atoms with E-state index in [1.54, 1.807) is 60.7 Å². The maximum Gasteiger partial charge on any atom is 0.243 e. The summed E-state index contributed by atoms with van der Waals surface area (Å²) >= 11 is 0. The number of hydrogen-bond donors (Lipinski definition) is 0. The lowest BCUT2D eigenvalue weighted by Crippen LogP contribution is -2.53. The van der Waals surface area contributed by atoms with Crippen LogP contribution in [0, 0.1) is 18.8 Å². The Labute approximate surface area is 193 Å². The quantitative estimate of drug-likeness (QED) is 0.513. The fourth-order valence-electron chi connectivity index (χ4n) is 5.05. The van der Waals surface area contributed by atoms with Crippen LogP contribution in [-0.2, 0) is 24.3 Å². The second kappa shape index (κ2) is 7.76. The van der Waals surface area contributed by atoms with E-state index in [2.05, 4.69) is 6.58 Å². The average Bonchev–Trinajstić information content (AvgIpc) is 3.27. The third-order valence-electron chi connectivity index (χ3n) is 6.62. The fraction of sp³-hybridized carbons (Fsp3) is 0.280. The van der Waals surface area contributed by atoms with Crippen LogP contribution in [0.5, 0.6) is 0 Å². The second-order valence-electron chi connectivity index (χ2n) is 8.64.